The van der Waals surface area contributed by atoms with Crippen molar-refractivity contribution in [2.45, 2.75) is 19.4 Å². The molecule has 1 N–H and O–H groups in total. The fourth-order valence-electron chi connectivity index (χ4n) is 1.15. The quantitative estimate of drug-likeness (QED) is 0.644. The van der Waals surface area contributed by atoms with Gasteiger partial charge < -0.3 is 10.1 Å². The molecule has 0 aromatic carbocycles. The molecule has 0 atom stereocenters. The standard InChI is InChI=1S/C10H13BrClNO2S/c1-15-9(14)3-2-4-13-6-7-5-8(11)10(12)16-7/h5,13H,2-4,6H2,1H3. The molecule has 1 aromatic heterocycles. The van der Waals surface area contributed by atoms with E-state index in [-0.39, 0.29) is 5.97 Å². The molecule has 0 unspecified atom stereocenters. The van der Waals surface area contributed by atoms with Crippen molar-refractivity contribution in [3.05, 3.63) is 19.8 Å². The highest BCUT2D eigenvalue weighted by atomic mass is 79.9. The first kappa shape index (κ1) is 14.0. The van der Waals surface area contributed by atoms with E-state index < -0.39 is 0 Å². The normalized spacial score (nSPS) is 10.4. The van der Waals surface area contributed by atoms with E-state index in [2.05, 4.69) is 26.0 Å². The number of nitrogens with one attached hydrogen (secondary N) is 1. The maximum atomic E-state index is 10.8. The Morgan fingerprint density at radius 1 is 1.69 bits per heavy atom. The van der Waals surface area contributed by atoms with E-state index in [4.69, 9.17) is 11.6 Å². The van der Waals surface area contributed by atoms with E-state index in [1.807, 2.05) is 6.07 Å². The number of hydrogen-bond donors (Lipinski definition) is 1. The van der Waals surface area contributed by atoms with Gasteiger partial charge in [0, 0.05) is 22.3 Å². The third-order valence-electron chi connectivity index (χ3n) is 1.96. The molecule has 0 fully saturated rings. The van der Waals surface area contributed by atoms with E-state index in [1.54, 1.807) is 11.3 Å². The molecule has 1 aromatic rings. The number of rotatable bonds is 6. The second-order valence-electron chi connectivity index (χ2n) is 3.19. The molecule has 0 amide bonds. The van der Waals surface area contributed by atoms with Gasteiger partial charge in [-0.1, -0.05) is 11.6 Å². The molecule has 0 spiro atoms. The Morgan fingerprint density at radius 2 is 2.44 bits per heavy atom. The van der Waals surface area contributed by atoms with Crippen molar-refractivity contribution in [1.82, 2.24) is 5.32 Å². The van der Waals surface area contributed by atoms with Crippen molar-refractivity contribution in [1.29, 1.82) is 0 Å². The van der Waals surface area contributed by atoms with Crippen LogP contribution in [-0.4, -0.2) is 19.6 Å². The first-order valence-corrected chi connectivity index (χ1v) is 6.83. The van der Waals surface area contributed by atoms with Gasteiger partial charge in [-0.2, -0.15) is 0 Å². The fourth-order valence-corrected chi connectivity index (χ4v) is 2.91. The molecule has 90 valence electrons. The summed E-state index contributed by atoms with van der Waals surface area (Å²) < 4.78 is 6.25. The van der Waals surface area contributed by atoms with Gasteiger partial charge in [0.25, 0.3) is 0 Å². The lowest BCUT2D eigenvalue weighted by atomic mass is 10.3. The number of carbonyl (C=O) groups excluding carboxylic acids is 1. The molecular weight excluding hydrogens is 314 g/mol. The Kier molecular flexibility index (Phi) is 6.34. The zero-order valence-electron chi connectivity index (χ0n) is 8.89. The zero-order chi connectivity index (χ0) is 12.0. The molecule has 1 rings (SSSR count). The van der Waals surface area contributed by atoms with Gasteiger partial charge in [0.2, 0.25) is 0 Å². The Balaban J connectivity index is 2.14. The summed E-state index contributed by atoms with van der Waals surface area (Å²) in [6.45, 7) is 1.57. The molecule has 0 aliphatic heterocycles. The maximum absolute atomic E-state index is 10.8. The Hall–Kier alpha value is -0.100. The van der Waals surface area contributed by atoms with Gasteiger partial charge in [0.15, 0.2) is 0 Å². The predicted molar refractivity (Wildman–Crippen MR) is 70.0 cm³/mol. The summed E-state index contributed by atoms with van der Waals surface area (Å²) in [6.07, 6.45) is 1.24. The van der Waals surface area contributed by atoms with Crippen LogP contribution < -0.4 is 5.32 Å². The van der Waals surface area contributed by atoms with Crippen LogP contribution in [0, 0.1) is 0 Å². The van der Waals surface area contributed by atoms with Crippen molar-refractivity contribution in [2.75, 3.05) is 13.7 Å². The number of hydrogen-bond acceptors (Lipinski definition) is 4. The molecule has 0 saturated carbocycles. The minimum absolute atomic E-state index is 0.163. The molecule has 0 radical (unpaired) electrons. The first-order valence-electron chi connectivity index (χ1n) is 4.84. The summed E-state index contributed by atoms with van der Waals surface area (Å²) in [5, 5.41) is 3.24. The highest BCUT2D eigenvalue weighted by molar-refractivity contribution is 9.10. The fraction of sp³-hybridized carbons (Fsp3) is 0.500. The van der Waals surface area contributed by atoms with Crippen LogP contribution >= 0.6 is 38.9 Å². The molecule has 0 aliphatic carbocycles. The summed E-state index contributed by atoms with van der Waals surface area (Å²) in [5.74, 6) is -0.163. The smallest absolute Gasteiger partial charge is 0.305 e. The van der Waals surface area contributed by atoms with E-state index >= 15 is 0 Å². The molecule has 16 heavy (non-hydrogen) atoms. The third-order valence-corrected chi connectivity index (χ3v) is 4.43. The van der Waals surface area contributed by atoms with Gasteiger partial charge in [0.05, 0.1) is 7.11 Å². The zero-order valence-corrected chi connectivity index (χ0v) is 12.0. The van der Waals surface area contributed by atoms with Gasteiger partial charge in [0.1, 0.15) is 4.34 Å². The number of methoxy groups -OCH3 is 1. The van der Waals surface area contributed by atoms with Crippen LogP contribution in [0.4, 0.5) is 0 Å². The average Bonchev–Trinajstić information content (AvgIpc) is 2.57. The van der Waals surface area contributed by atoms with Crippen LogP contribution in [0.25, 0.3) is 0 Å². The summed E-state index contributed by atoms with van der Waals surface area (Å²) in [6, 6.07) is 2.00. The van der Waals surface area contributed by atoms with E-state index in [9.17, 15) is 4.79 Å². The molecule has 0 bridgehead atoms. The minimum atomic E-state index is -0.163. The second kappa shape index (κ2) is 7.27. The van der Waals surface area contributed by atoms with Crippen LogP contribution in [0.3, 0.4) is 0 Å². The molecule has 0 saturated heterocycles. The minimum Gasteiger partial charge on any atom is -0.469 e. The van der Waals surface area contributed by atoms with Crippen LogP contribution in [-0.2, 0) is 16.1 Å². The summed E-state index contributed by atoms with van der Waals surface area (Å²) >= 11 is 10.8. The van der Waals surface area contributed by atoms with Crippen molar-refractivity contribution < 1.29 is 9.53 Å². The molecule has 0 aliphatic rings. The van der Waals surface area contributed by atoms with Gasteiger partial charge in [-0.15, -0.1) is 11.3 Å². The summed E-state index contributed by atoms with van der Waals surface area (Å²) in [5.41, 5.74) is 0. The Labute approximate surface area is 112 Å². The Morgan fingerprint density at radius 3 is 3.00 bits per heavy atom. The number of esters is 1. The van der Waals surface area contributed by atoms with Crippen LogP contribution in [0.15, 0.2) is 10.5 Å². The van der Waals surface area contributed by atoms with Gasteiger partial charge >= 0.3 is 5.97 Å². The second-order valence-corrected chi connectivity index (χ2v) is 5.78. The van der Waals surface area contributed by atoms with Gasteiger partial charge in [-0.05, 0) is 35.0 Å². The van der Waals surface area contributed by atoms with Crippen molar-refractivity contribution in [3.8, 4) is 0 Å². The summed E-state index contributed by atoms with van der Waals surface area (Å²) in [7, 11) is 1.40. The number of carbonyl (C=O) groups is 1. The molecule has 3 nitrogen and oxygen atoms in total. The SMILES string of the molecule is COC(=O)CCCNCc1cc(Br)c(Cl)s1. The topological polar surface area (TPSA) is 38.3 Å². The van der Waals surface area contributed by atoms with Gasteiger partial charge in [-0.25, -0.2) is 0 Å². The lowest BCUT2D eigenvalue weighted by Gasteiger charge is -2.01. The monoisotopic (exact) mass is 325 g/mol. The summed E-state index contributed by atoms with van der Waals surface area (Å²) in [4.78, 5) is 12.0. The molecule has 6 heteroatoms. The van der Waals surface area contributed by atoms with Crippen LogP contribution in [0.1, 0.15) is 17.7 Å². The van der Waals surface area contributed by atoms with E-state index in [0.29, 0.717) is 6.42 Å². The lowest BCUT2D eigenvalue weighted by Crippen LogP contribution is -2.15. The van der Waals surface area contributed by atoms with Crippen molar-refractivity contribution in [2.24, 2.45) is 0 Å². The number of halogens is 2. The molecule has 1 heterocycles. The Bertz CT molecular complexity index is 337. The highest BCUT2D eigenvalue weighted by Gasteiger charge is 2.04. The maximum Gasteiger partial charge on any atom is 0.305 e. The first-order chi connectivity index (χ1) is 7.63. The van der Waals surface area contributed by atoms with Gasteiger partial charge in [-0.3, -0.25) is 4.79 Å². The number of thiophene rings is 1. The van der Waals surface area contributed by atoms with Crippen LogP contribution in [0.2, 0.25) is 4.34 Å². The predicted octanol–water partition coefficient (Wildman–Crippen LogP) is 3.21. The van der Waals surface area contributed by atoms with Crippen molar-refractivity contribution in [3.63, 3.8) is 0 Å². The van der Waals surface area contributed by atoms with Crippen molar-refractivity contribution >= 4 is 44.8 Å². The molecular formula is C10H13BrClNO2S. The van der Waals surface area contributed by atoms with E-state index in [0.717, 1.165) is 28.3 Å². The van der Waals surface area contributed by atoms with E-state index in [1.165, 1.54) is 12.0 Å². The van der Waals surface area contributed by atoms with Crippen LogP contribution in [0.5, 0.6) is 0 Å². The number of ether oxygens (including phenoxy) is 1. The average molecular weight is 327 g/mol. The lowest BCUT2D eigenvalue weighted by molar-refractivity contribution is -0.140. The third kappa shape index (κ3) is 4.82. The highest BCUT2D eigenvalue weighted by Crippen LogP contribution is 2.31. The largest absolute Gasteiger partial charge is 0.469 e.